The van der Waals surface area contributed by atoms with Crippen molar-refractivity contribution in [2.24, 2.45) is 0 Å². The summed E-state index contributed by atoms with van der Waals surface area (Å²) in [5.41, 5.74) is 3.23. The molecule has 22 heavy (non-hydrogen) atoms. The molecule has 3 nitrogen and oxygen atoms in total. The van der Waals surface area contributed by atoms with E-state index in [1.54, 1.807) is 0 Å². The van der Waals surface area contributed by atoms with E-state index in [1.807, 2.05) is 48.7 Å². The number of halogens is 1. The van der Waals surface area contributed by atoms with Gasteiger partial charge in [0.15, 0.2) is 0 Å². The van der Waals surface area contributed by atoms with Crippen molar-refractivity contribution < 1.29 is 4.79 Å². The van der Waals surface area contributed by atoms with Gasteiger partial charge in [0.1, 0.15) is 0 Å². The zero-order chi connectivity index (χ0) is 15.5. The Bertz CT molecular complexity index is 809. The van der Waals surface area contributed by atoms with E-state index in [0.29, 0.717) is 11.6 Å². The van der Waals surface area contributed by atoms with Crippen LogP contribution in [0.4, 0.5) is 0 Å². The Morgan fingerprint density at radius 2 is 1.86 bits per heavy atom. The maximum Gasteiger partial charge on any atom is 0.216 e. The predicted molar refractivity (Wildman–Crippen MR) is 90.3 cm³/mol. The highest BCUT2D eigenvalue weighted by molar-refractivity contribution is 6.31. The molecule has 2 N–H and O–H groups in total. The quantitative estimate of drug-likeness (QED) is 0.749. The second-order valence-electron chi connectivity index (χ2n) is 5.30. The van der Waals surface area contributed by atoms with Crippen LogP contribution < -0.4 is 5.32 Å². The van der Waals surface area contributed by atoms with Crippen LogP contribution in [-0.2, 0) is 4.79 Å². The van der Waals surface area contributed by atoms with E-state index in [-0.39, 0.29) is 11.8 Å². The van der Waals surface area contributed by atoms with Gasteiger partial charge in [-0.05, 0) is 23.3 Å². The molecule has 4 heteroatoms. The Labute approximate surface area is 134 Å². The molecule has 0 bridgehead atoms. The topological polar surface area (TPSA) is 44.9 Å². The van der Waals surface area contributed by atoms with Crippen LogP contribution in [0.2, 0.25) is 5.02 Å². The zero-order valence-electron chi connectivity index (χ0n) is 12.3. The minimum atomic E-state index is -0.0445. The van der Waals surface area contributed by atoms with Crippen molar-refractivity contribution >= 4 is 28.4 Å². The van der Waals surface area contributed by atoms with Crippen molar-refractivity contribution in [3.8, 4) is 0 Å². The van der Waals surface area contributed by atoms with Gasteiger partial charge < -0.3 is 10.3 Å². The lowest BCUT2D eigenvalue weighted by atomic mass is 9.91. The molecule has 1 aromatic heterocycles. The number of fused-ring (bicyclic) bond motifs is 1. The molecular weight excluding hydrogens is 296 g/mol. The van der Waals surface area contributed by atoms with Crippen molar-refractivity contribution in [2.75, 3.05) is 6.54 Å². The number of aromatic amines is 1. The molecule has 3 aromatic rings. The van der Waals surface area contributed by atoms with E-state index in [0.717, 1.165) is 22.0 Å². The summed E-state index contributed by atoms with van der Waals surface area (Å²) in [6.07, 6.45) is 2.00. The van der Waals surface area contributed by atoms with Gasteiger partial charge in [-0.3, -0.25) is 4.79 Å². The third-order valence-corrected chi connectivity index (χ3v) is 4.18. The third kappa shape index (κ3) is 2.85. The lowest BCUT2D eigenvalue weighted by Gasteiger charge is -2.19. The summed E-state index contributed by atoms with van der Waals surface area (Å²) in [5, 5.41) is 4.77. The monoisotopic (exact) mass is 312 g/mol. The maximum atomic E-state index is 11.3. The molecule has 2 aromatic carbocycles. The first kappa shape index (κ1) is 14.7. The first-order valence-corrected chi connectivity index (χ1v) is 7.59. The van der Waals surface area contributed by atoms with Crippen molar-refractivity contribution in [2.45, 2.75) is 12.8 Å². The number of hydrogen-bond donors (Lipinski definition) is 2. The number of carbonyl (C=O) groups excluding carboxylic acids is 1. The Morgan fingerprint density at radius 3 is 2.64 bits per heavy atom. The standard InChI is InChI=1S/C18H17ClN2O/c1-12(22)20-10-15(13-6-2-4-8-17(13)19)16-11-21-18-9-5-3-7-14(16)18/h2-9,11,15,21H,10H2,1H3,(H,20,22). The van der Waals surface area contributed by atoms with E-state index in [1.165, 1.54) is 6.92 Å². The van der Waals surface area contributed by atoms with Gasteiger partial charge in [-0.2, -0.15) is 0 Å². The molecule has 0 aliphatic heterocycles. The Hall–Kier alpha value is -2.26. The summed E-state index contributed by atoms with van der Waals surface area (Å²) >= 11 is 6.38. The summed E-state index contributed by atoms with van der Waals surface area (Å²) < 4.78 is 0. The Balaban J connectivity index is 2.09. The molecule has 0 radical (unpaired) electrons. The number of rotatable bonds is 4. The number of benzene rings is 2. The molecule has 0 aliphatic rings. The second kappa shape index (κ2) is 6.24. The largest absolute Gasteiger partial charge is 0.361 e. The fraction of sp³-hybridized carbons (Fsp3) is 0.167. The number of carbonyl (C=O) groups is 1. The number of nitrogens with one attached hydrogen (secondary N) is 2. The highest BCUT2D eigenvalue weighted by Gasteiger charge is 2.20. The molecule has 3 rings (SSSR count). The third-order valence-electron chi connectivity index (χ3n) is 3.83. The summed E-state index contributed by atoms with van der Waals surface area (Å²) in [7, 11) is 0. The normalized spacial score (nSPS) is 12.3. The van der Waals surface area contributed by atoms with Gasteiger partial charge in [-0.15, -0.1) is 0 Å². The van der Waals surface area contributed by atoms with Gasteiger partial charge in [-0.25, -0.2) is 0 Å². The van der Waals surface area contributed by atoms with Crippen LogP contribution in [0, 0.1) is 0 Å². The lowest BCUT2D eigenvalue weighted by Crippen LogP contribution is -2.26. The SMILES string of the molecule is CC(=O)NCC(c1ccccc1Cl)c1c[nH]c2ccccc12. The van der Waals surface area contributed by atoms with E-state index in [4.69, 9.17) is 11.6 Å². The first-order chi connectivity index (χ1) is 10.7. The molecule has 1 amide bonds. The van der Waals surface area contributed by atoms with Crippen LogP contribution in [0.5, 0.6) is 0 Å². The summed E-state index contributed by atoms with van der Waals surface area (Å²) in [6.45, 7) is 2.04. The molecule has 0 aliphatic carbocycles. The summed E-state index contributed by atoms with van der Waals surface area (Å²) in [5.74, 6) is -0.0364. The molecule has 112 valence electrons. The van der Waals surface area contributed by atoms with Gasteiger partial charge in [0.2, 0.25) is 5.91 Å². The maximum absolute atomic E-state index is 11.3. The average Bonchev–Trinajstić information content (AvgIpc) is 2.93. The summed E-state index contributed by atoms with van der Waals surface area (Å²) in [4.78, 5) is 14.6. The molecule has 0 saturated carbocycles. The zero-order valence-corrected chi connectivity index (χ0v) is 13.0. The van der Waals surface area contributed by atoms with E-state index >= 15 is 0 Å². The van der Waals surface area contributed by atoms with Crippen LogP contribution in [0.15, 0.2) is 54.7 Å². The molecule has 0 fully saturated rings. The Kier molecular flexibility index (Phi) is 4.16. The van der Waals surface area contributed by atoms with E-state index in [9.17, 15) is 4.79 Å². The molecule has 1 atom stereocenters. The van der Waals surface area contributed by atoms with E-state index < -0.39 is 0 Å². The van der Waals surface area contributed by atoms with Crippen LogP contribution in [-0.4, -0.2) is 17.4 Å². The number of hydrogen-bond acceptors (Lipinski definition) is 1. The van der Waals surface area contributed by atoms with Gasteiger partial charge in [0.05, 0.1) is 0 Å². The number of H-pyrrole nitrogens is 1. The minimum Gasteiger partial charge on any atom is -0.361 e. The summed E-state index contributed by atoms with van der Waals surface area (Å²) in [6, 6.07) is 15.9. The Morgan fingerprint density at radius 1 is 1.14 bits per heavy atom. The van der Waals surface area contributed by atoms with E-state index in [2.05, 4.69) is 16.4 Å². The van der Waals surface area contributed by atoms with Gasteiger partial charge in [0, 0.05) is 41.5 Å². The van der Waals surface area contributed by atoms with Gasteiger partial charge in [-0.1, -0.05) is 48.0 Å². The molecule has 0 spiro atoms. The number of aromatic nitrogens is 1. The minimum absolute atomic E-state index is 0.00810. The number of amides is 1. The number of para-hydroxylation sites is 1. The van der Waals surface area contributed by atoms with Crippen LogP contribution in [0.25, 0.3) is 10.9 Å². The fourth-order valence-electron chi connectivity index (χ4n) is 2.77. The lowest BCUT2D eigenvalue weighted by molar-refractivity contribution is -0.118. The van der Waals surface area contributed by atoms with Crippen molar-refractivity contribution in [1.82, 2.24) is 10.3 Å². The van der Waals surface area contributed by atoms with Gasteiger partial charge in [0.25, 0.3) is 0 Å². The van der Waals surface area contributed by atoms with Crippen molar-refractivity contribution in [3.05, 3.63) is 70.9 Å². The second-order valence-corrected chi connectivity index (χ2v) is 5.71. The first-order valence-electron chi connectivity index (χ1n) is 7.21. The predicted octanol–water partition coefficient (Wildman–Crippen LogP) is 4.09. The fourth-order valence-corrected chi connectivity index (χ4v) is 3.04. The van der Waals surface area contributed by atoms with Crippen molar-refractivity contribution in [3.63, 3.8) is 0 Å². The highest BCUT2D eigenvalue weighted by Crippen LogP contribution is 2.33. The average molecular weight is 313 g/mol. The smallest absolute Gasteiger partial charge is 0.216 e. The van der Waals surface area contributed by atoms with Crippen LogP contribution in [0.1, 0.15) is 24.0 Å². The molecule has 1 heterocycles. The van der Waals surface area contributed by atoms with Crippen molar-refractivity contribution in [1.29, 1.82) is 0 Å². The molecular formula is C18H17ClN2O. The highest BCUT2D eigenvalue weighted by atomic mass is 35.5. The van der Waals surface area contributed by atoms with Gasteiger partial charge >= 0.3 is 0 Å². The molecule has 0 saturated heterocycles. The molecule has 1 unspecified atom stereocenters. The van der Waals surface area contributed by atoms with Crippen LogP contribution in [0.3, 0.4) is 0 Å². The van der Waals surface area contributed by atoms with Crippen LogP contribution >= 0.6 is 11.6 Å².